The molecule has 2 N–H and O–H groups in total. The van der Waals surface area contributed by atoms with E-state index in [0.717, 1.165) is 6.42 Å². The molecular weight excluding hydrogens is 271 g/mol. The van der Waals surface area contributed by atoms with Gasteiger partial charge in [0.15, 0.2) is 5.78 Å². The van der Waals surface area contributed by atoms with Gasteiger partial charge in [-0.15, -0.1) is 0 Å². The monoisotopic (exact) mass is 292 g/mol. The van der Waals surface area contributed by atoms with Crippen LogP contribution in [0.4, 0.5) is 4.39 Å². The quantitative estimate of drug-likeness (QED) is 0.844. The SMILES string of the molecule is CC1CC(CN)CN1C(=O)CCC(=O)c1ccc(F)cc1. The van der Waals surface area contributed by atoms with E-state index in [1.54, 1.807) is 0 Å². The molecule has 2 atom stereocenters. The number of rotatable bonds is 5. The summed E-state index contributed by atoms with van der Waals surface area (Å²) in [5.41, 5.74) is 6.09. The molecule has 1 aliphatic heterocycles. The summed E-state index contributed by atoms with van der Waals surface area (Å²) in [6, 6.07) is 5.59. The first-order valence-corrected chi connectivity index (χ1v) is 7.29. The molecule has 0 radical (unpaired) electrons. The standard InChI is InChI=1S/C16H21FN2O2/c1-11-8-12(9-18)10-19(11)16(21)7-6-15(20)13-2-4-14(17)5-3-13/h2-5,11-12H,6-10,18H2,1H3. The van der Waals surface area contributed by atoms with E-state index in [4.69, 9.17) is 5.73 Å². The summed E-state index contributed by atoms with van der Waals surface area (Å²) in [4.78, 5) is 26.0. The highest BCUT2D eigenvalue weighted by Crippen LogP contribution is 2.23. The van der Waals surface area contributed by atoms with Gasteiger partial charge in [-0.25, -0.2) is 4.39 Å². The highest BCUT2D eigenvalue weighted by Gasteiger charge is 2.31. The summed E-state index contributed by atoms with van der Waals surface area (Å²) in [5, 5.41) is 0. The van der Waals surface area contributed by atoms with Crippen LogP contribution in [0, 0.1) is 11.7 Å². The molecule has 1 aromatic carbocycles. The van der Waals surface area contributed by atoms with Crippen molar-refractivity contribution >= 4 is 11.7 Å². The van der Waals surface area contributed by atoms with E-state index in [0.29, 0.717) is 24.6 Å². The van der Waals surface area contributed by atoms with Crippen molar-refractivity contribution in [1.82, 2.24) is 4.90 Å². The third kappa shape index (κ3) is 3.88. The fourth-order valence-electron chi connectivity index (χ4n) is 2.80. The van der Waals surface area contributed by atoms with Gasteiger partial charge in [-0.3, -0.25) is 9.59 Å². The lowest BCUT2D eigenvalue weighted by Gasteiger charge is -2.21. The first-order chi connectivity index (χ1) is 10.0. The zero-order valence-electron chi connectivity index (χ0n) is 12.2. The maximum Gasteiger partial charge on any atom is 0.223 e. The summed E-state index contributed by atoms with van der Waals surface area (Å²) in [6.07, 6.45) is 1.27. The number of amides is 1. The molecule has 2 unspecified atom stereocenters. The van der Waals surface area contributed by atoms with Crippen molar-refractivity contribution in [3.05, 3.63) is 35.6 Å². The third-order valence-electron chi connectivity index (χ3n) is 4.05. The summed E-state index contributed by atoms with van der Waals surface area (Å²) >= 11 is 0. The number of nitrogens with two attached hydrogens (primary N) is 1. The average molecular weight is 292 g/mol. The first kappa shape index (κ1) is 15.6. The number of carbonyl (C=O) groups is 2. The molecule has 1 saturated heterocycles. The molecule has 0 aromatic heterocycles. The minimum Gasteiger partial charge on any atom is -0.340 e. The molecule has 4 nitrogen and oxygen atoms in total. The van der Waals surface area contributed by atoms with Crippen molar-refractivity contribution in [1.29, 1.82) is 0 Å². The molecule has 21 heavy (non-hydrogen) atoms. The van der Waals surface area contributed by atoms with Gasteiger partial charge < -0.3 is 10.6 Å². The number of carbonyl (C=O) groups excluding carboxylic acids is 2. The van der Waals surface area contributed by atoms with Crippen LogP contribution in [0.2, 0.25) is 0 Å². The molecular formula is C16H21FN2O2. The van der Waals surface area contributed by atoms with Crippen LogP contribution in [0.5, 0.6) is 0 Å². The zero-order chi connectivity index (χ0) is 15.4. The van der Waals surface area contributed by atoms with Crippen molar-refractivity contribution in [2.45, 2.75) is 32.2 Å². The third-order valence-corrected chi connectivity index (χ3v) is 4.05. The summed E-state index contributed by atoms with van der Waals surface area (Å²) in [7, 11) is 0. The number of nitrogens with zero attached hydrogens (tertiary/aromatic N) is 1. The van der Waals surface area contributed by atoms with Crippen molar-refractivity contribution in [2.75, 3.05) is 13.1 Å². The molecule has 2 rings (SSSR count). The molecule has 114 valence electrons. The number of hydrogen-bond acceptors (Lipinski definition) is 3. The van der Waals surface area contributed by atoms with Crippen LogP contribution < -0.4 is 5.73 Å². The molecule has 0 aliphatic carbocycles. The zero-order valence-corrected chi connectivity index (χ0v) is 12.2. The van der Waals surface area contributed by atoms with Gasteiger partial charge in [0.25, 0.3) is 0 Å². The van der Waals surface area contributed by atoms with Crippen LogP contribution in [0.15, 0.2) is 24.3 Å². The Hall–Kier alpha value is -1.75. The molecule has 5 heteroatoms. The molecule has 0 bridgehead atoms. The van der Waals surface area contributed by atoms with Crippen LogP contribution in [0.25, 0.3) is 0 Å². The van der Waals surface area contributed by atoms with Gasteiger partial charge in [0.05, 0.1) is 0 Å². The lowest BCUT2D eigenvalue weighted by molar-refractivity contribution is -0.131. The molecule has 0 spiro atoms. The number of Topliss-reactive ketones (excluding diaryl/α,β-unsaturated/α-hetero) is 1. The Balaban J connectivity index is 1.86. The highest BCUT2D eigenvalue weighted by atomic mass is 19.1. The second kappa shape index (κ2) is 6.80. The molecule has 1 aromatic rings. The summed E-state index contributed by atoms with van der Waals surface area (Å²) in [6.45, 7) is 3.28. The Kier molecular flexibility index (Phi) is 5.07. The fourth-order valence-corrected chi connectivity index (χ4v) is 2.80. The van der Waals surface area contributed by atoms with E-state index in [9.17, 15) is 14.0 Å². The predicted octanol–water partition coefficient (Wildman–Crippen LogP) is 1.98. The van der Waals surface area contributed by atoms with Crippen LogP contribution in [0.1, 0.15) is 36.5 Å². The second-order valence-electron chi connectivity index (χ2n) is 5.66. The maximum atomic E-state index is 12.8. The Morgan fingerprint density at radius 1 is 1.29 bits per heavy atom. The van der Waals surface area contributed by atoms with Crippen molar-refractivity contribution in [2.24, 2.45) is 11.7 Å². The lowest BCUT2D eigenvalue weighted by Crippen LogP contribution is -2.34. The van der Waals surface area contributed by atoms with E-state index in [1.165, 1.54) is 24.3 Å². The number of likely N-dealkylation sites (tertiary alicyclic amines) is 1. The Morgan fingerprint density at radius 2 is 1.95 bits per heavy atom. The van der Waals surface area contributed by atoms with Gasteiger partial charge in [0.2, 0.25) is 5.91 Å². The maximum absolute atomic E-state index is 12.8. The van der Waals surface area contributed by atoms with E-state index in [2.05, 4.69) is 0 Å². The lowest BCUT2D eigenvalue weighted by atomic mass is 10.1. The van der Waals surface area contributed by atoms with E-state index in [-0.39, 0.29) is 36.4 Å². The molecule has 0 saturated carbocycles. The smallest absolute Gasteiger partial charge is 0.223 e. The number of halogens is 1. The first-order valence-electron chi connectivity index (χ1n) is 7.29. The van der Waals surface area contributed by atoms with Crippen LogP contribution in [0.3, 0.4) is 0 Å². The highest BCUT2D eigenvalue weighted by molar-refractivity contribution is 5.97. The van der Waals surface area contributed by atoms with Gasteiger partial charge in [-0.05, 0) is 50.1 Å². The summed E-state index contributed by atoms with van der Waals surface area (Å²) < 4.78 is 12.8. The molecule has 1 aliphatic rings. The minimum absolute atomic E-state index is 0.00564. The number of hydrogen-bond donors (Lipinski definition) is 1. The predicted molar refractivity (Wildman–Crippen MR) is 78.3 cm³/mol. The minimum atomic E-state index is -0.374. The topological polar surface area (TPSA) is 63.4 Å². The van der Waals surface area contributed by atoms with E-state index in [1.807, 2.05) is 11.8 Å². The molecule has 1 heterocycles. The van der Waals surface area contributed by atoms with Gasteiger partial charge >= 0.3 is 0 Å². The van der Waals surface area contributed by atoms with Crippen LogP contribution in [-0.2, 0) is 4.79 Å². The van der Waals surface area contributed by atoms with Crippen LogP contribution in [-0.4, -0.2) is 35.7 Å². The Labute approximate surface area is 124 Å². The van der Waals surface area contributed by atoms with Crippen molar-refractivity contribution in [3.8, 4) is 0 Å². The Morgan fingerprint density at radius 3 is 2.52 bits per heavy atom. The fraction of sp³-hybridized carbons (Fsp3) is 0.500. The Bertz CT molecular complexity index is 516. The number of ketones is 1. The number of benzene rings is 1. The normalized spacial score (nSPS) is 21.6. The molecule has 1 fully saturated rings. The van der Waals surface area contributed by atoms with Gasteiger partial charge in [0.1, 0.15) is 5.82 Å². The second-order valence-corrected chi connectivity index (χ2v) is 5.66. The van der Waals surface area contributed by atoms with Crippen LogP contribution >= 0.6 is 0 Å². The average Bonchev–Trinajstić information content (AvgIpc) is 2.86. The van der Waals surface area contributed by atoms with Crippen molar-refractivity contribution in [3.63, 3.8) is 0 Å². The largest absolute Gasteiger partial charge is 0.340 e. The van der Waals surface area contributed by atoms with Gasteiger partial charge in [-0.1, -0.05) is 0 Å². The van der Waals surface area contributed by atoms with Gasteiger partial charge in [0, 0.05) is 31.0 Å². The van der Waals surface area contributed by atoms with Gasteiger partial charge in [-0.2, -0.15) is 0 Å². The summed E-state index contributed by atoms with van der Waals surface area (Å²) in [5.74, 6) is -0.155. The van der Waals surface area contributed by atoms with E-state index >= 15 is 0 Å². The molecule has 1 amide bonds. The van der Waals surface area contributed by atoms with Crippen molar-refractivity contribution < 1.29 is 14.0 Å². The van der Waals surface area contributed by atoms with E-state index < -0.39 is 0 Å².